The average molecular weight is 458 g/mol. The van der Waals surface area contributed by atoms with Gasteiger partial charge in [0.05, 0.1) is 18.8 Å². The van der Waals surface area contributed by atoms with Crippen molar-refractivity contribution in [3.05, 3.63) is 0 Å². The topological polar surface area (TPSA) is 67.8 Å². The lowest BCUT2D eigenvalue weighted by Gasteiger charge is -2.41. The number of nitrogens with one attached hydrogen (secondary N) is 1. The summed E-state index contributed by atoms with van der Waals surface area (Å²) < 4.78 is 12.2. The molecular weight excluding hydrogens is 406 g/mol. The van der Waals surface area contributed by atoms with Crippen LogP contribution in [0.4, 0.5) is 4.79 Å². The molecule has 1 heterocycles. The van der Waals surface area contributed by atoms with Crippen molar-refractivity contribution in [2.45, 2.75) is 148 Å². The van der Waals surface area contributed by atoms with Crippen LogP contribution in [0, 0.1) is 0 Å². The van der Waals surface area contributed by atoms with Gasteiger partial charge in [-0.1, -0.05) is 105 Å². The summed E-state index contributed by atoms with van der Waals surface area (Å²) in [5.41, 5.74) is 0. The third-order valence-electron chi connectivity index (χ3n) is 7.10. The first-order chi connectivity index (χ1) is 14.6. The van der Waals surface area contributed by atoms with Crippen molar-refractivity contribution in [2.24, 2.45) is 0 Å². The number of cyclic esters (lactones) is 1. The van der Waals surface area contributed by atoms with Gasteiger partial charge in [-0.3, -0.25) is 0 Å². The Morgan fingerprint density at radius 3 is 1.90 bits per heavy atom. The molecule has 0 saturated carbocycles. The summed E-state index contributed by atoms with van der Waals surface area (Å²) in [6.45, 7) is 13.3. The summed E-state index contributed by atoms with van der Waals surface area (Å²) in [4.78, 5) is 11.8. The van der Waals surface area contributed by atoms with E-state index in [1.54, 1.807) is 0 Å². The first kappa shape index (κ1) is 28.4. The fraction of sp³-hybridized carbons (Fsp3) is 0.960. The quantitative estimate of drug-likeness (QED) is 0.183. The van der Waals surface area contributed by atoms with E-state index in [1.165, 1.54) is 70.6 Å². The molecule has 3 atom stereocenters. The van der Waals surface area contributed by atoms with Gasteiger partial charge < -0.3 is 19.6 Å². The molecule has 0 aromatic heterocycles. The first-order valence-corrected chi connectivity index (χ1v) is 15.8. The standard InChI is InChI=1S/C25H51NO4Si/c1-7-8-9-10-11-12-13-14-15-16-17-18-19-22(30-31(5,6)25(2,3)4)23-21(20-27)26-24(28)29-23/h21-23,27H,7-20H2,1-6H3,(H,26,28)/t21-,22-,23+/m1/s1. The number of aliphatic hydroxyl groups excluding tert-OH is 1. The molecule has 0 radical (unpaired) electrons. The lowest BCUT2D eigenvalue weighted by molar-refractivity contribution is 0.0120. The van der Waals surface area contributed by atoms with Crippen LogP contribution in [0.3, 0.4) is 0 Å². The summed E-state index contributed by atoms with van der Waals surface area (Å²) in [7, 11) is -2.00. The Kier molecular flexibility index (Phi) is 13.3. The fourth-order valence-electron chi connectivity index (χ4n) is 3.99. The number of amides is 1. The van der Waals surface area contributed by atoms with Gasteiger partial charge >= 0.3 is 6.09 Å². The molecule has 1 amide bonds. The van der Waals surface area contributed by atoms with E-state index < -0.39 is 20.5 Å². The summed E-state index contributed by atoms with van der Waals surface area (Å²) in [6.07, 6.45) is 15.7. The average Bonchev–Trinajstić information content (AvgIpc) is 3.07. The largest absolute Gasteiger partial charge is 0.441 e. The van der Waals surface area contributed by atoms with Crippen molar-refractivity contribution in [3.63, 3.8) is 0 Å². The maximum absolute atomic E-state index is 11.8. The van der Waals surface area contributed by atoms with Gasteiger partial charge in [-0.05, 0) is 24.6 Å². The Labute approximate surface area is 193 Å². The van der Waals surface area contributed by atoms with Crippen molar-refractivity contribution >= 4 is 14.4 Å². The minimum Gasteiger partial charge on any atom is -0.441 e. The Balaban J connectivity index is 2.38. The number of rotatable bonds is 17. The number of alkyl carbamates (subject to hydrolysis) is 1. The highest BCUT2D eigenvalue weighted by molar-refractivity contribution is 6.74. The number of unbranched alkanes of at least 4 members (excludes halogenated alkanes) is 11. The second-order valence-corrected chi connectivity index (χ2v) is 15.7. The zero-order valence-corrected chi connectivity index (χ0v) is 22.3. The van der Waals surface area contributed by atoms with Crippen LogP contribution < -0.4 is 5.32 Å². The van der Waals surface area contributed by atoms with Crippen LogP contribution >= 0.6 is 0 Å². The second kappa shape index (κ2) is 14.5. The summed E-state index contributed by atoms with van der Waals surface area (Å²) in [5.74, 6) is 0. The second-order valence-electron chi connectivity index (χ2n) is 10.9. The van der Waals surface area contributed by atoms with Crippen LogP contribution in [-0.4, -0.2) is 44.4 Å². The zero-order valence-electron chi connectivity index (χ0n) is 21.3. The number of aliphatic hydroxyl groups is 1. The molecule has 0 aromatic rings. The molecular formula is C25H51NO4Si. The molecule has 0 aromatic carbocycles. The van der Waals surface area contributed by atoms with Crippen molar-refractivity contribution in [1.29, 1.82) is 0 Å². The van der Waals surface area contributed by atoms with E-state index in [4.69, 9.17) is 9.16 Å². The maximum Gasteiger partial charge on any atom is 0.408 e. The minimum absolute atomic E-state index is 0.0898. The maximum atomic E-state index is 11.8. The molecule has 1 aliphatic heterocycles. The van der Waals surface area contributed by atoms with Crippen molar-refractivity contribution in [2.75, 3.05) is 6.61 Å². The predicted octanol–water partition coefficient (Wildman–Crippen LogP) is 6.94. The summed E-state index contributed by atoms with van der Waals surface area (Å²) >= 11 is 0. The summed E-state index contributed by atoms with van der Waals surface area (Å²) in [5, 5.41) is 12.5. The SMILES string of the molecule is CCCCCCCCCCCCCC[C@@H](O[Si](C)(C)C(C)(C)C)[C@H]1OC(=O)N[C@@H]1CO. The molecule has 0 bridgehead atoms. The van der Waals surface area contributed by atoms with Gasteiger partial charge in [0.25, 0.3) is 0 Å². The highest BCUT2D eigenvalue weighted by Crippen LogP contribution is 2.39. The number of hydrogen-bond acceptors (Lipinski definition) is 4. The molecule has 0 unspecified atom stereocenters. The molecule has 31 heavy (non-hydrogen) atoms. The van der Waals surface area contributed by atoms with E-state index in [9.17, 15) is 9.90 Å². The Morgan fingerprint density at radius 2 is 1.45 bits per heavy atom. The zero-order chi connectivity index (χ0) is 23.3. The van der Waals surface area contributed by atoms with Gasteiger partial charge in [-0.25, -0.2) is 4.79 Å². The smallest absolute Gasteiger partial charge is 0.408 e. The number of carbonyl (C=O) groups excluding carboxylic acids is 1. The van der Waals surface area contributed by atoms with Crippen LogP contribution in [0.1, 0.15) is 111 Å². The van der Waals surface area contributed by atoms with E-state index in [2.05, 4.69) is 46.1 Å². The Hall–Kier alpha value is -0.593. The van der Waals surface area contributed by atoms with Crippen molar-refractivity contribution < 1.29 is 19.1 Å². The van der Waals surface area contributed by atoms with Gasteiger partial charge in [0.2, 0.25) is 0 Å². The van der Waals surface area contributed by atoms with E-state index in [-0.39, 0.29) is 23.8 Å². The van der Waals surface area contributed by atoms with Crippen LogP contribution in [0.2, 0.25) is 18.1 Å². The first-order valence-electron chi connectivity index (χ1n) is 12.9. The van der Waals surface area contributed by atoms with Crippen molar-refractivity contribution in [3.8, 4) is 0 Å². The Bertz CT molecular complexity index is 492. The normalized spacial score (nSPS) is 20.5. The van der Waals surface area contributed by atoms with Gasteiger partial charge in [0, 0.05) is 0 Å². The van der Waals surface area contributed by atoms with E-state index >= 15 is 0 Å². The molecule has 2 N–H and O–H groups in total. The van der Waals surface area contributed by atoms with Gasteiger partial charge in [-0.15, -0.1) is 0 Å². The Morgan fingerprint density at radius 1 is 0.968 bits per heavy atom. The molecule has 184 valence electrons. The lowest BCUT2D eigenvalue weighted by Crippen LogP contribution is -2.50. The minimum atomic E-state index is -2.00. The van der Waals surface area contributed by atoms with E-state index in [1.807, 2.05) is 0 Å². The molecule has 1 saturated heterocycles. The number of carbonyl (C=O) groups is 1. The highest BCUT2D eigenvalue weighted by atomic mass is 28.4. The van der Waals surface area contributed by atoms with E-state index in [0.29, 0.717) is 0 Å². The van der Waals surface area contributed by atoms with Crippen molar-refractivity contribution in [1.82, 2.24) is 5.32 Å². The predicted molar refractivity (Wildman–Crippen MR) is 132 cm³/mol. The van der Waals surface area contributed by atoms with Crippen LogP contribution in [0.25, 0.3) is 0 Å². The third-order valence-corrected chi connectivity index (χ3v) is 11.6. The molecule has 0 aliphatic carbocycles. The van der Waals surface area contributed by atoms with Crippen LogP contribution in [0.15, 0.2) is 0 Å². The van der Waals surface area contributed by atoms with Crippen LogP contribution in [0.5, 0.6) is 0 Å². The van der Waals surface area contributed by atoms with Gasteiger partial charge in [0.15, 0.2) is 14.4 Å². The highest BCUT2D eigenvalue weighted by Gasteiger charge is 2.45. The van der Waals surface area contributed by atoms with Gasteiger partial charge in [0.1, 0.15) is 0 Å². The molecule has 5 nitrogen and oxygen atoms in total. The molecule has 0 spiro atoms. The molecule has 6 heteroatoms. The van der Waals surface area contributed by atoms with Crippen LogP contribution in [-0.2, 0) is 9.16 Å². The molecule has 1 aliphatic rings. The number of hydrogen-bond donors (Lipinski definition) is 2. The molecule has 1 rings (SSSR count). The fourth-order valence-corrected chi connectivity index (χ4v) is 5.35. The summed E-state index contributed by atoms with van der Waals surface area (Å²) in [6, 6.07) is -0.375. The van der Waals surface area contributed by atoms with Gasteiger partial charge in [-0.2, -0.15) is 0 Å². The lowest BCUT2D eigenvalue weighted by atomic mass is 10.00. The third kappa shape index (κ3) is 10.7. The number of ether oxygens (including phenoxy) is 1. The molecule has 1 fully saturated rings. The van der Waals surface area contributed by atoms with E-state index in [0.717, 1.165) is 12.8 Å². The monoisotopic (exact) mass is 457 g/mol.